The van der Waals surface area contributed by atoms with Crippen molar-refractivity contribution in [1.29, 1.82) is 0 Å². The number of alkyl halides is 3. The van der Waals surface area contributed by atoms with Crippen LogP contribution < -0.4 is 10.1 Å². The second-order valence-electron chi connectivity index (χ2n) is 6.47. The molecule has 0 fully saturated rings. The molecule has 2 heterocycles. The molecule has 0 atom stereocenters. The molecule has 6 nitrogen and oxygen atoms in total. The predicted octanol–water partition coefficient (Wildman–Crippen LogP) is 4.48. The lowest BCUT2D eigenvalue weighted by atomic mass is 10.0. The van der Waals surface area contributed by atoms with E-state index < -0.39 is 6.36 Å². The van der Waals surface area contributed by atoms with E-state index in [1.54, 1.807) is 4.52 Å². The van der Waals surface area contributed by atoms with Crippen LogP contribution in [0.3, 0.4) is 0 Å². The smallest absolute Gasteiger partial charge is 0.406 e. The lowest BCUT2D eigenvalue weighted by Crippen LogP contribution is -2.17. The van der Waals surface area contributed by atoms with E-state index in [4.69, 9.17) is 0 Å². The highest BCUT2D eigenvalue weighted by Crippen LogP contribution is 2.24. The number of rotatable bonds is 5. The molecule has 4 rings (SSSR count). The summed E-state index contributed by atoms with van der Waals surface area (Å²) in [6.07, 6.45) is -1.32. The van der Waals surface area contributed by atoms with Gasteiger partial charge in [0.1, 0.15) is 12.1 Å². The third kappa shape index (κ3) is 4.75. The van der Waals surface area contributed by atoms with Gasteiger partial charge in [0.2, 0.25) is 5.91 Å². The Bertz CT molecular complexity index is 1170. The molecule has 0 aliphatic carbocycles. The van der Waals surface area contributed by atoms with Gasteiger partial charge in [-0.1, -0.05) is 24.3 Å². The van der Waals surface area contributed by atoms with Gasteiger partial charge in [-0.15, -0.1) is 13.2 Å². The van der Waals surface area contributed by atoms with Gasteiger partial charge in [0.15, 0.2) is 5.65 Å². The van der Waals surface area contributed by atoms with Gasteiger partial charge in [-0.3, -0.25) is 4.79 Å². The molecule has 0 bridgehead atoms. The second kappa shape index (κ2) is 7.86. The lowest BCUT2D eigenvalue weighted by molar-refractivity contribution is -0.274. The summed E-state index contributed by atoms with van der Waals surface area (Å²) >= 11 is 0. The third-order valence-corrected chi connectivity index (χ3v) is 4.30. The van der Waals surface area contributed by atoms with E-state index in [9.17, 15) is 18.0 Å². The highest BCUT2D eigenvalue weighted by molar-refractivity contribution is 5.92. The SMILES string of the molecule is O=C(Cc1ccc(-c2ccn3ncnc3c2)cc1)Nc1ccc(OC(F)(F)F)cc1. The normalized spacial score (nSPS) is 11.4. The maximum absolute atomic E-state index is 12.2. The van der Waals surface area contributed by atoms with Crippen LogP contribution in [0, 0.1) is 0 Å². The number of halogens is 3. The van der Waals surface area contributed by atoms with Crippen molar-refractivity contribution in [3.8, 4) is 16.9 Å². The molecule has 9 heteroatoms. The zero-order valence-electron chi connectivity index (χ0n) is 15.4. The molecule has 152 valence electrons. The van der Waals surface area contributed by atoms with Crippen molar-refractivity contribution < 1.29 is 22.7 Å². The van der Waals surface area contributed by atoms with Gasteiger partial charge < -0.3 is 10.1 Å². The molecular formula is C21H15F3N4O2. The minimum absolute atomic E-state index is 0.129. The van der Waals surface area contributed by atoms with E-state index in [1.807, 2.05) is 42.6 Å². The number of amides is 1. The van der Waals surface area contributed by atoms with Crippen molar-refractivity contribution in [3.63, 3.8) is 0 Å². The van der Waals surface area contributed by atoms with Gasteiger partial charge in [-0.05, 0) is 53.1 Å². The van der Waals surface area contributed by atoms with Crippen LogP contribution in [0.25, 0.3) is 16.8 Å². The molecule has 1 N–H and O–H groups in total. The number of hydrogen-bond donors (Lipinski definition) is 1. The van der Waals surface area contributed by atoms with Gasteiger partial charge >= 0.3 is 6.36 Å². The Labute approximate surface area is 168 Å². The van der Waals surface area contributed by atoms with Crippen LogP contribution in [0.15, 0.2) is 73.2 Å². The lowest BCUT2D eigenvalue weighted by Gasteiger charge is -2.10. The molecule has 0 aliphatic rings. The van der Waals surface area contributed by atoms with Crippen molar-refractivity contribution in [2.24, 2.45) is 0 Å². The summed E-state index contributed by atoms with van der Waals surface area (Å²) in [6, 6.07) is 16.4. The fourth-order valence-corrected chi connectivity index (χ4v) is 2.94. The van der Waals surface area contributed by atoms with Crippen LogP contribution in [-0.2, 0) is 11.2 Å². The molecule has 0 unspecified atom stereocenters. The van der Waals surface area contributed by atoms with Crippen LogP contribution in [-0.4, -0.2) is 26.9 Å². The number of hydrogen-bond acceptors (Lipinski definition) is 4. The zero-order valence-corrected chi connectivity index (χ0v) is 15.4. The first-order valence-electron chi connectivity index (χ1n) is 8.90. The van der Waals surface area contributed by atoms with Gasteiger partial charge in [0, 0.05) is 11.9 Å². The monoisotopic (exact) mass is 412 g/mol. The molecule has 2 aromatic heterocycles. The number of aromatic nitrogens is 3. The summed E-state index contributed by atoms with van der Waals surface area (Å²) in [4.78, 5) is 16.4. The van der Waals surface area contributed by atoms with Gasteiger partial charge in [0.05, 0.1) is 6.42 Å². The van der Waals surface area contributed by atoms with Crippen LogP contribution >= 0.6 is 0 Å². The van der Waals surface area contributed by atoms with Crippen molar-refractivity contribution >= 4 is 17.2 Å². The summed E-state index contributed by atoms with van der Waals surface area (Å²) < 4.78 is 42.0. The number of benzene rings is 2. The van der Waals surface area contributed by atoms with E-state index >= 15 is 0 Å². The summed E-state index contributed by atoms with van der Waals surface area (Å²) in [6.45, 7) is 0. The van der Waals surface area contributed by atoms with E-state index in [0.717, 1.165) is 34.5 Å². The average Bonchev–Trinajstić information content (AvgIpc) is 3.17. The van der Waals surface area contributed by atoms with Gasteiger partial charge in [-0.2, -0.15) is 5.10 Å². The Morgan fingerprint density at radius 2 is 1.73 bits per heavy atom. The van der Waals surface area contributed by atoms with E-state index in [-0.39, 0.29) is 18.1 Å². The van der Waals surface area contributed by atoms with Crippen molar-refractivity contribution in [3.05, 3.63) is 78.8 Å². The Hall–Kier alpha value is -3.88. The molecule has 0 aliphatic heterocycles. The van der Waals surface area contributed by atoms with E-state index in [1.165, 1.54) is 18.5 Å². The molecule has 4 aromatic rings. The van der Waals surface area contributed by atoms with Crippen molar-refractivity contribution in [2.75, 3.05) is 5.32 Å². The van der Waals surface area contributed by atoms with Crippen LogP contribution in [0.5, 0.6) is 5.75 Å². The average molecular weight is 412 g/mol. The standard InChI is InChI=1S/C21H15F3N4O2/c22-21(23,24)30-18-7-5-17(6-8-18)27-20(29)11-14-1-3-15(4-2-14)16-9-10-28-19(12-16)25-13-26-28/h1-10,12-13H,11H2,(H,27,29). The summed E-state index contributed by atoms with van der Waals surface area (Å²) in [5.41, 5.74) is 3.88. The molecule has 0 saturated heterocycles. The summed E-state index contributed by atoms with van der Waals surface area (Å²) in [5.74, 6) is -0.627. The first kappa shape index (κ1) is 19.4. The Kier molecular flexibility index (Phi) is 5.09. The first-order chi connectivity index (χ1) is 14.4. The van der Waals surface area contributed by atoms with E-state index in [0.29, 0.717) is 5.69 Å². The first-order valence-corrected chi connectivity index (χ1v) is 8.90. The molecule has 0 radical (unpaired) electrons. The van der Waals surface area contributed by atoms with Crippen LogP contribution in [0.2, 0.25) is 0 Å². The molecule has 2 aromatic carbocycles. The quantitative estimate of drug-likeness (QED) is 0.525. The minimum Gasteiger partial charge on any atom is -0.406 e. The maximum Gasteiger partial charge on any atom is 0.573 e. The van der Waals surface area contributed by atoms with E-state index in [2.05, 4.69) is 20.1 Å². The van der Waals surface area contributed by atoms with Gasteiger partial charge in [0.25, 0.3) is 0 Å². The number of carbonyl (C=O) groups is 1. The number of carbonyl (C=O) groups excluding carboxylic acids is 1. The number of pyridine rings is 1. The number of anilines is 1. The summed E-state index contributed by atoms with van der Waals surface area (Å²) in [5, 5.41) is 6.71. The fraction of sp³-hybridized carbons (Fsp3) is 0.0952. The van der Waals surface area contributed by atoms with Crippen LogP contribution in [0.4, 0.5) is 18.9 Å². The third-order valence-electron chi connectivity index (χ3n) is 4.30. The second-order valence-corrected chi connectivity index (χ2v) is 6.47. The number of nitrogens with one attached hydrogen (secondary N) is 1. The number of fused-ring (bicyclic) bond motifs is 1. The molecule has 0 saturated carbocycles. The van der Waals surface area contributed by atoms with Crippen LogP contribution in [0.1, 0.15) is 5.56 Å². The highest BCUT2D eigenvalue weighted by atomic mass is 19.4. The van der Waals surface area contributed by atoms with Gasteiger partial charge in [-0.25, -0.2) is 9.50 Å². The molecule has 1 amide bonds. The Morgan fingerprint density at radius 3 is 2.43 bits per heavy atom. The van der Waals surface area contributed by atoms with Crippen molar-refractivity contribution in [2.45, 2.75) is 12.8 Å². The molecule has 30 heavy (non-hydrogen) atoms. The fourth-order valence-electron chi connectivity index (χ4n) is 2.94. The molecule has 0 spiro atoms. The Balaban J connectivity index is 1.37. The Morgan fingerprint density at radius 1 is 1.00 bits per heavy atom. The summed E-state index contributed by atoms with van der Waals surface area (Å²) in [7, 11) is 0. The number of ether oxygens (including phenoxy) is 1. The highest BCUT2D eigenvalue weighted by Gasteiger charge is 2.30. The predicted molar refractivity (Wildman–Crippen MR) is 104 cm³/mol. The topological polar surface area (TPSA) is 68.5 Å². The maximum atomic E-state index is 12.2. The number of nitrogens with zero attached hydrogens (tertiary/aromatic N) is 3. The largest absolute Gasteiger partial charge is 0.573 e. The molecular weight excluding hydrogens is 397 g/mol. The van der Waals surface area contributed by atoms with Crippen molar-refractivity contribution in [1.82, 2.24) is 14.6 Å². The zero-order chi connectivity index (χ0) is 21.1. The minimum atomic E-state index is -4.75.